The predicted octanol–water partition coefficient (Wildman–Crippen LogP) is 5.82. The van der Waals surface area contributed by atoms with Gasteiger partial charge in [0, 0.05) is 25.2 Å². The summed E-state index contributed by atoms with van der Waals surface area (Å²) < 4.78 is 0. The smallest absolute Gasteiger partial charge is 0.275 e. The van der Waals surface area contributed by atoms with Crippen molar-refractivity contribution in [3.05, 3.63) is 60.0 Å². The molecule has 2 amide bonds. The Balaban J connectivity index is 1.29. The lowest BCUT2D eigenvalue weighted by atomic mass is 9.75. The molecule has 0 radical (unpaired) electrons. The van der Waals surface area contributed by atoms with Crippen LogP contribution in [0.1, 0.15) is 93.7 Å². The Morgan fingerprint density at radius 2 is 1.97 bits per heavy atom. The van der Waals surface area contributed by atoms with Crippen molar-refractivity contribution in [2.75, 3.05) is 19.6 Å². The van der Waals surface area contributed by atoms with Gasteiger partial charge in [-0.1, -0.05) is 57.1 Å². The molecule has 1 saturated heterocycles. The molecule has 39 heavy (non-hydrogen) atoms. The van der Waals surface area contributed by atoms with E-state index in [1.165, 1.54) is 43.4 Å². The lowest BCUT2D eigenvalue weighted by Crippen LogP contribution is -2.53. The molecule has 3 aliphatic rings. The van der Waals surface area contributed by atoms with Crippen LogP contribution in [0.15, 0.2) is 48.6 Å². The fourth-order valence-electron chi connectivity index (χ4n) is 6.62. The fraction of sp³-hybridized carbons (Fsp3) is 0.594. The molecule has 0 spiro atoms. The van der Waals surface area contributed by atoms with Gasteiger partial charge < -0.3 is 15.0 Å². The summed E-state index contributed by atoms with van der Waals surface area (Å²) in [7, 11) is 0. The first-order valence-corrected chi connectivity index (χ1v) is 14.7. The number of piperidine rings is 1. The molecule has 1 aromatic rings. The number of hydrogen-bond acceptors (Lipinski definition) is 4. The number of hydrogen-bond donors (Lipinski definition) is 3. The molecule has 1 aromatic heterocycles. The third kappa shape index (κ3) is 6.99. The zero-order valence-corrected chi connectivity index (χ0v) is 23.7. The zero-order valence-electron chi connectivity index (χ0n) is 23.7. The van der Waals surface area contributed by atoms with Gasteiger partial charge in [-0.2, -0.15) is 0 Å². The maximum Gasteiger partial charge on any atom is 0.275 e. The second-order valence-corrected chi connectivity index (χ2v) is 11.9. The summed E-state index contributed by atoms with van der Waals surface area (Å²) in [6.45, 7) is 8.63. The number of nitrogens with one attached hydrogen (secondary N) is 2. The van der Waals surface area contributed by atoms with E-state index in [-0.39, 0.29) is 24.3 Å². The number of carbonyl (C=O) groups is 2. The van der Waals surface area contributed by atoms with Gasteiger partial charge in [0.2, 0.25) is 5.91 Å². The van der Waals surface area contributed by atoms with Gasteiger partial charge >= 0.3 is 0 Å². The van der Waals surface area contributed by atoms with Gasteiger partial charge in [-0.3, -0.25) is 19.9 Å². The lowest BCUT2D eigenvalue weighted by Gasteiger charge is -2.40. The first kappa shape index (κ1) is 29.1. The van der Waals surface area contributed by atoms with Crippen molar-refractivity contribution in [3.63, 3.8) is 0 Å². The summed E-state index contributed by atoms with van der Waals surface area (Å²) in [5.74, 6) is 2.05. The predicted molar refractivity (Wildman–Crippen MR) is 156 cm³/mol. The number of likely N-dealkylation sites (tertiary alicyclic amines) is 1. The molecular formula is C32H46N4O3. The minimum absolute atomic E-state index is 0.0460. The topological polar surface area (TPSA) is 100 Å². The minimum Gasteiger partial charge on any atom is -0.388 e. The summed E-state index contributed by atoms with van der Waals surface area (Å²) in [6.07, 6.45) is 17.5. The van der Waals surface area contributed by atoms with Crippen LogP contribution in [-0.2, 0) is 4.79 Å². The number of aliphatic hydroxyl groups is 1. The van der Waals surface area contributed by atoms with Crippen LogP contribution in [0.25, 0.3) is 0 Å². The van der Waals surface area contributed by atoms with Gasteiger partial charge in [-0.15, -0.1) is 0 Å². The summed E-state index contributed by atoms with van der Waals surface area (Å²) in [4.78, 5) is 32.6. The second-order valence-electron chi connectivity index (χ2n) is 11.9. The normalized spacial score (nSPS) is 24.4. The van der Waals surface area contributed by atoms with Crippen molar-refractivity contribution >= 4 is 18.2 Å². The highest BCUT2D eigenvalue weighted by Gasteiger charge is 2.38. The molecule has 2 heterocycles. The van der Waals surface area contributed by atoms with Crippen molar-refractivity contribution in [2.45, 2.75) is 83.2 Å². The van der Waals surface area contributed by atoms with Crippen LogP contribution in [0, 0.1) is 23.2 Å². The molecule has 7 heteroatoms. The summed E-state index contributed by atoms with van der Waals surface area (Å²) in [5.41, 5.74) is 1.55. The van der Waals surface area contributed by atoms with Crippen LogP contribution >= 0.6 is 0 Å². The first-order chi connectivity index (χ1) is 18.8. The minimum atomic E-state index is -1.13. The van der Waals surface area contributed by atoms with E-state index < -0.39 is 5.60 Å². The average Bonchev–Trinajstić information content (AvgIpc) is 3.57. The van der Waals surface area contributed by atoms with Gasteiger partial charge in [0.05, 0.1) is 18.5 Å². The van der Waals surface area contributed by atoms with Crippen molar-refractivity contribution in [3.8, 4) is 0 Å². The van der Waals surface area contributed by atoms with Crippen LogP contribution in [0.4, 0.5) is 0 Å². The van der Waals surface area contributed by atoms with Crippen molar-refractivity contribution in [1.29, 1.82) is 5.41 Å². The molecule has 4 rings (SSSR count). The number of aromatic amines is 1. The Bertz CT molecular complexity index is 1090. The quantitative estimate of drug-likeness (QED) is 0.190. The largest absolute Gasteiger partial charge is 0.388 e. The Labute approximate surface area is 233 Å². The Morgan fingerprint density at radius 3 is 2.59 bits per heavy atom. The van der Waals surface area contributed by atoms with Crippen LogP contribution in [-0.4, -0.2) is 63.3 Å². The molecule has 3 N–H and O–H groups in total. The Kier molecular flexibility index (Phi) is 9.65. The molecule has 0 bridgehead atoms. The van der Waals surface area contributed by atoms with E-state index in [0.717, 1.165) is 29.4 Å². The summed E-state index contributed by atoms with van der Waals surface area (Å²) in [6, 6.07) is 3.84. The number of rotatable bonds is 11. The van der Waals surface area contributed by atoms with Crippen LogP contribution in [0.5, 0.6) is 0 Å². The van der Waals surface area contributed by atoms with E-state index >= 15 is 0 Å². The molecule has 2 saturated carbocycles. The van der Waals surface area contributed by atoms with E-state index in [1.807, 2.05) is 49.1 Å². The molecule has 0 aromatic carbocycles. The van der Waals surface area contributed by atoms with Crippen LogP contribution in [0.3, 0.4) is 0 Å². The first-order valence-electron chi connectivity index (χ1n) is 14.7. The third-order valence-electron chi connectivity index (χ3n) is 9.40. The highest BCUT2D eigenvalue weighted by atomic mass is 16.3. The van der Waals surface area contributed by atoms with E-state index in [9.17, 15) is 14.7 Å². The number of amides is 2. The van der Waals surface area contributed by atoms with Gasteiger partial charge in [-0.05, 0) is 80.4 Å². The van der Waals surface area contributed by atoms with Gasteiger partial charge in [-0.25, -0.2) is 0 Å². The Morgan fingerprint density at radius 1 is 1.23 bits per heavy atom. The molecule has 3 atom stereocenters. The average molecular weight is 535 g/mol. The molecule has 212 valence electrons. The van der Waals surface area contributed by atoms with Gasteiger partial charge in [0.15, 0.2) is 0 Å². The van der Waals surface area contributed by atoms with E-state index in [2.05, 4.69) is 11.6 Å². The second kappa shape index (κ2) is 12.9. The third-order valence-corrected chi connectivity index (χ3v) is 9.40. The molecular weight excluding hydrogens is 488 g/mol. The van der Waals surface area contributed by atoms with E-state index in [0.29, 0.717) is 44.0 Å². The van der Waals surface area contributed by atoms with Crippen molar-refractivity contribution in [1.82, 2.24) is 14.8 Å². The number of carbonyl (C=O) groups excluding carboxylic acids is 2. The van der Waals surface area contributed by atoms with Crippen molar-refractivity contribution < 1.29 is 14.7 Å². The van der Waals surface area contributed by atoms with E-state index in [4.69, 9.17) is 5.41 Å². The molecule has 1 aliphatic heterocycles. The molecule has 7 nitrogen and oxygen atoms in total. The SMILES string of the molecule is C=C/C=C\C(=C/C)C(C)CC(=O)N1CCC(O)(CN(C=N)C(=O)c2ccc(C3CCC(C4CCC4)C3)[nH]2)CC1. The van der Waals surface area contributed by atoms with E-state index in [1.54, 1.807) is 6.08 Å². The zero-order chi connectivity index (χ0) is 28.0. The maximum absolute atomic E-state index is 13.3. The standard InChI is InChI=1S/C32H46N4O3/c1-4-6-8-24(5-2)23(3)19-30(37)35-17-15-32(39,16-18-35)21-36(22-33)31(38)29-14-13-28(34-29)27-12-11-26(20-27)25-9-7-10-25/h4-6,8,13-14,22-23,25-27,33-34,39H,1,7,9-12,15-21H2,2-3H3/b8-6-,24-5+,33-22?. The van der Waals surface area contributed by atoms with Gasteiger partial charge in [0.1, 0.15) is 5.69 Å². The molecule has 3 unspecified atom stereocenters. The number of H-pyrrole nitrogens is 1. The molecule has 3 fully saturated rings. The van der Waals surface area contributed by atoms with Crippen LogP contribution < -0.4 is 0 Å². The Hall–Kier alpha value is -2.93. The summed E-state index contributed by atoms with van der Waals surface area (Å²) >= 11 is 0. The fourth-order valence-corrected chi connectivity index (χ4v) is 6.62. The van der Waals surface area contributed by atoms with Crippen LogP contribution in [0.2, 0.25) is 0 Å². The van der Waals surface area contributed by atoms with Crippen molar-refractivity contribution in [2.24, 2.45) is 17.8 Å². The lowest BCUT2D eigenvalue weighted by molar-refractivity contribution is -0.136. The maximum atomic E-state index is 13.3. The number of nitrogens with zero attached hydrogens (tertiary/aromatic N) is 2. The molecule has 2 aliphatic carbocycles. The summed E-state index contributed by atoms with van der Waals surface area (Å²) in [5, 5.41) is 19.2. The monoisotopic (exact) mass is 534 g/mol. The number of aromatic nitrogens is 1. The highest BCUT2D eigenvalue weighted by Crippen LogP contribution is 2.47. The van der Waals surface area contributed by atoms with Gasteiger partial charge in [0.25, 0.3) is 5.91 Å². The highest BCUT2D eigenvalue weighted by molar-refractivity contribution is 5.99. The number of allylic oxidation sites excluding steroid dienone is 5.